The van der Waals surface area contributed by atoms with Gasteiger partial charge in [-0.15, -0.1) is 5.06 Å². The van der Waals surface area contributed by atoms with Gasteiger partial charge >= 0.3 is 17.9 Å². The fraction of sp³-hybridized carbons (Fsp3) is 0.778. The third kappa shape index (κ3) is 32.0. The molecule has 0 saturated carbocycles. The standard InChI is InChI=1S/C13H19NO6.C13H23NO4.C6H15N.C4H9NO/c1-19-12(17)6-4-2-3-5-7-13(18)20-14-10(15)8-9-11(14)16;1-10(11(2)15)14-12(16)8-6-4-5-7-9-13(17)18-3;1-4-7(5-2)6-3;1-3(5)4(2)6/h2-9H2,1H3;10H,4-9H2,1-3H3,(H,14,16);4-6H2,1-3H3;3H,5H2,1-2H3. The van der Waals surface area contributed by atoms with Crippen LogP contribution in [-0.2, 0) is 52.7 Å². The molecule has 15 heteroatoms. The van der Waals surface area contributed by atoms with Crippen LogP contribution in [0.4, 0.5) is 0 Å². The molecule has 0 aliphatic carbocycles. The van der Waals surface area contributed by atoms with Crippen LogP contribution in [-0.4, -0.2) is 103 Å². The van der Waals surface area contributed by atoms with Gasteiger partial charge in [-0.25, -0.2) is 4.79 Å². The number of ether oxygens (including phenoxy) is 2. The molecule has 0 radical (unpaired) electrons. The first-order valence-electron chi connectivity index (χ1n) is 18.0. The van der Waals surface area contributed by atoms with Gasteiger partial charge in [0.05, 0.1) is 26.3 Å². The number of hydroxylamine groups is 2. The number of carbonyl (C=O) groups excluding carboxylic acids is 8. The Morgan fingerprint density at radius 3 is 1.31 bits per heavy atom. The van der Waals surface area contributed by atoms with Crippen LogP contribution >= 0.6 is 0 Å². The molecule has 3 amide bonds. The van der Waals surface area contributed by atoms with Crippen molar-refractivity contribution < 1.29 is 52.7 Å². The number of rotatable bonds is 21. The molecule has 0 aromatic heterocycles. The molecule has 296 valence electrons. The monoisotopic (exact) mass is 730 g/mol. The number of nitrogens with zero attached hydrogens (tertiary/aromatic N) is 2. The van der Waals surface area contributed by atoms with Crippen LogP contribution in [0.15, 0.2) is 0 Å². The van der Waals surface area contributed by atoms with Crippen molar-refractivity contribution in [1.29, 1.82) is 0 Å². The van der Waals surface area contributed by atoms with E-state index in [-0.39, 0.29) is 54.7 Å². The van der Waals surface area contributed by atoms with E-state index >= 15 is 0 Å². The lowest BCUT2D eigenvalue weighted by Crippen LogP contribution is -2.37. The highest BCUT2D eigenvalue weighted by molar-refractivity contribution is 6.01. The smallest absolute Gasteiger partial charge is 0.333 e. The Kier molecular flexibility index (Phi) is 33.8. The largest absolute Gasteiger partial charge is 0.469 e. The lowest BCUT2D eigenvalue weighted by Gasteiger charge is -2.13. The Labute approximate surface area is 305 Å². The van der Waals surface area contributed by atoms with Crippen LogP contribution in [0.5, 0.6) is 0 Å². The number of ketones is 2. The molecule has 1 aliphatic rings. The molecule has 1 aliphatic heterocycles. The molecule has 0 bridgehead atoms. The van der Waals surface area contributed by atoms with Crippen molar-refractivity contribution in [3.63, 3.8) is 0 Å². The minimum atomic E-state index is -0.582. The molecule has 1 fully saturated rings. The van der Waals surface area contributed by atoms with Gasteiger partial charge < -0.3 is 30.3 Å². The molecular weight excluding hydrogens is 664 g/mol. The maximum Gasteiger partial charge on any atom is 0.333 e. The first-order valence-corrected chi connectivity index (χ1v) is 18.0. The average Bonchev–Trinajstić information content (AvgIpc) is 3.41. The van der Waals surface area contributed by atoms with Crippen molar-refractivity contribution in [2.75, 3.05) is 33.9 Å². The Morgan fingerprint density at radius 2 is 1.02 bits per heavy atom. The van der Waals surface area contributed by atoms with Gasteiger partial charge in [-0.2, -0.15) is 0 Å². The van der Waals surface area contributed by atoms with Gasteiger partial charge in [-0.3, -0.25) is 33.6 Å². The Hall–Kier alpha value is -3.72. The van der Waals surface area contributed by atoms with Crippen molar-refractivity contribution >= 4 is 47.2 Å². The topological polar surface area (TPSA) is 209 Å². The lowest BCUT2D eigenvalue weighted by molar-refractivity contribution is -0.197. The summed E-state index contributed by atoms with van der Waals surface area (Å²) < 4.78 is 9.03. The van der Waals surface area contributed by atoms with Crippen molar-refractivity contribution in [2.45, 2.75) is 150 Å². The van der Waals surface area contributed by atoms with Crippen LogP contribution in [0.25, 0.3) is 0 Å². The van der Waals surface area contributed by atoms with E-state index < -0.39 is 23.8 Å². The molecule has 51 heavy (non-hydrogen) atoms. The number of nitrogens with one attached hydrogen (secondary N) is 1. The summed E-state index contributed by atoms with van der Waals surface area (Å²) in [4.78, 5) is 95.0. The molecule has 2 atom stereocenters. The summed E-state index contributed by atoms with van der Waals surface area (Å²) in [6.07, 6.45) is 7.84. The van der Waals surface area contributed by atoms with Gasteiger partial charge in [0.15, 0.2) is 5.78 Å². The van der Waals surface area contributed by atoms with Gasteiger partial charge in [-0.05, 0) is 73.0 Å². The number of carbonyl (C=O) groups is 8. The number of amides is 3. The van der Waals surface area contributed by atoms with E-state index in [1.54, 1.807) is 13.8 Å². The third-order valence-corrected chi connectivity index (χ3v) is 7.67. The zero-order valence-electron chi connectivity index (χ0n) is 32.6. The molecular formula is C36H66N4O11. The number of hydrogen-bond donors (Lipinski definition) is 2. The number of hydrogen-bond acceptors (Lipinski definition) is 13. The number of Topliss-reactive ketones (excluding diaryl/α,β-unsaturated/α-hetero) is 2. The molecule has 1 rings (SSSR count). The zero-order chi connectivity index (χ0) is 39.8. The van der Waals surface area contributed by atoms with Crippen molar-refractivity contribution in [3.8, 4) is 0 Å². The van der Waals surface area contributed by atoms with Crippen LogP contribution < -0.4 is 11.1 Å². The Bertz CT molecular complexity index is 1020. The van der Waals surface area contributed by atoms with E-state index in [4.69, 9.17) is 10.6 Å². The highest BCUT2D eigenvalue weighted by Gasteiger charge is 2.32. The number of esters is 2. The van der Waals surface area contributed by atoms with E-state index in [2.05, 4.69) is 40.5 Å². The minimum Gasteiger partial charge on any atom is -0.469 e. The molecule has 0 aromatic carbocycles. The summed E-state index contributed by atoms with van der Waals surface area (Å²) in [6.45, 7) is 16.4. The normalized spacial score (nSPS) is 12.9. The van der Waals surface area contributed by atoms with Gasteiger partial charge in [-0.1, -0.05) is 46.5 Å². The summed E-state index contributed by atoms with van der Waals surface area (Å²) >= 11 is 0. The molecule has 2 unspecified atom stereocenters. The first-order chi connectivity index (χ1) is 24.0. The third-order valence-electron chi connectivity index (χ3n) is 7.67. The first kappa shape index (κ1) is 51.6. The highest BCUT2D eigenvalue weighted by atomic mass is 16.7. The predicted molar refractivity (Wildman–Crippen MR) is 193 cm³/mol. The summed E-state index contributed by atoms with van der Waals surface area (Å²) in [5.74, 6) is -2.05. The maximum absolute atomic E-state index is 11.4. The van der Waals surface area contributed by atoms with E-state index in [1.807, 2.05) is 0 Å². The molecule has 1 saturated heterocycles. The van der Waals surface area contributed by atoms with E-state index in [1.165, 1.54) is 47.7 Å². The van der Waals surface area contributed by atoms with Gasteiger partial charge in [0.25, 0.3) is 11.8 Å². The quantitative estimate of drug-likeness (QED) is 0.0975. The fourth-order valence-electron chi connectivity index (χ4n) is 3.90. The number of methoxy groups -OCH3 is 2. The van der Waals surface area contributed by atoms with Crippen molar-refractivity contribution in [1.82, 2.24) is 15.3 Å². The SMILES string of the molecule is CC(=O)C(C)N.CCN(CC)CC.COC(=O)CCCCCCC(=O)NC(C)C(C)=O.COC(=O)CCCCCCC(=O)ON1C(=O)CCC1=O. The maximum atomic E-state index is 11.4. The van der Waals surface area contributed by atoms with Crippen molar-refractivity contribution in [2.24, 2.45) is 5.73 Å². The van der Waals surface area contributed by atoms with E-state index in [0.717, 1.165) is 38.5 Å². The van der Waals surface area contributed by atoms with Crippen LogP contribution in [0.1, 0.15) is 138 Å². The fourth-order valence-corrected chi connectivity index (χ4v) is 3.90. The van der Waals surface area contributed by atoms with Crippen molar-refractivity contribution in [3.05, 3.63) is 0 Å². The minimum absolute atomic E-state index is 0.0370. The molecule has 15 nitrogen and oxygen atoms in total. The summed E-state index contributed by atoms with van der Waals surface area (Å²) in [7, 11) is 2.72. The van der Waals surface area contributed by atoms with E-state index in [0.29, 0.717) is 37.2 Å². The Balaban J connectivity index is -0.000000676. The van der Waals surface area contributed by atoms with E-state index in [9.17, 15) is 38.4 Å². The number of unbranched alkanes of at least 4 members (excludes halogenated alkanes) is 6. The number of nitrogens with two attached hydrogens (primary N) is 1. The number of imide groups is 1. The van der Waals surface area contributed by atoms with Gasteiger partial charge in [0, 0.05) is 38.5 Å². The van der Waals surface area contributed by atoms with Crippen LogP contribution in [0.2, 0.25) is 0 Å². The van der Waals surface area contributed by atoms with Gasteiger partial charge in [0.1, 0.15) is 5.78 Å². The average molecular weight is 731 g/mol. The summed E-state index contributed by atoms with van der Waals surface area (Å²) in [5.41, 5.74) is 5.09. The lowest BCUT2D eigenvalue weighted by atomic mass is 10.1. The highest BCUT2D eigenvalue weighted by Crippen LogP contribution is 2.14. The predicted octanol–water partition coefficient (Wildman–Crippen LogP) is 3.97. The molecule has 1 heterocycles. The zero-order valence-corrected chi connectivity index (χ0v) is 32.6. The Morgan fingerprint density at radius 1 is 0.667 bits per heavy atom. The second-order valence-corrected chi connectivity index (χ2v) is 11.9. The van der Waals surface area contributed by atoms with Crippen LogP contribution in [0.3, 0.4) is 0 Å². The second-order valence-electron chi connectivity index (χ2n) is 11.9. The molecule has 0 spiro atoms. The van der Waals surface area contributed by atoms with Gasteiger partial charge in [0.2, 0.25) is 5.91 Å². The molecule has 3 N–H and O–H groups in total. The second kappa shape index (κ2) is 33.4. The molecule has 0 aromatic rings. The van der Waals surface area contributed by atoms with Crippen LogP contribution in [0, 0.1) is 0 Å². The summed E-state index contributed by atoms with van der Waals surface area (Å²) in [6, 6.07) is -0.693. The summed E-state index contributed by atoms with van der Waals surface area (Å²) in [5, 5.41) is 3.19.